The fourth-order valence-electron chi connectivity index (χ4n) is 6.02. The van der Waals surface area contributed by atoms with Gasteiger partial charge >= 0.3 is 0 Å². The van der Waals surface area contributed by atoms with Crippen LogP contribution in [0.15, 0.2) is 18.2 Å². The average Bonchev–Trinajstić information content (AvgIpc) is 3.07. The molecule has 280 valence electrons. The molecule has 0 saturated carbocycles. The van der Waals surface area contributed by atoms with Crippen molar-refractivity contribution >= 4 is 17.7 Å². The van der Waals surface area contributed by atoms with Gasteiger partial charge < -0.3 is 41.0 Å². The van der Waals surface area contributed by atoms with Crippen molar-refractivity contribution in [3.05, 3.63) is 29.3 Å². The van der Waals surface area contributed by atoms with E-state index in [1.807, 2.05) is 18.7 Å². The quantitative estimate of drug-likeness (QED) is 0.119. The zero-order chi connectivity index (χ0) is 36.3. The standard InChI is InChI=1S/C37H65N5O7/c1-7-8-13-40-36(45)31(27(4)5)24-33(43)32(38)22-29(26(2)3)25-42(15-14-41-16-20-48-21-17-41)37(46)30-12-11-28(35(39)44)23-34(30)49-19-10-9-18-47-6/h11-12,23,26-27,29,31-33,43H,7-10,13-22,24-25,38H2,1-6H3,(H2,39,44)(H,40,45)/t29-,31+,32+,33+/m1/s1. The smallest absolute Gasteiger partial charge is 0.257 e. The summed E-state index contributed by atoms with van der Waals surface area (Å²) in [6, 6.07) is 4.14. The Kier molecular flexibility index (Phi) is 19.8. The first-order valence-corrected chi connectivity index (χ1v) is 18.3. The molecule has 0 aromatic heterocycles. The first-order chi connectivity index (χ1) is 23.4. The molecule has 12 heteroatoms. The van der Waals surface area contributed by atoms with Crippen LogP contribution in [0, 0.1) is 23.7 Å². The number of primary amides is 1. The number of unbranched alkanes of at least 4 members (excludes halogenated alkanes) is 2. The van der Waals surface area contributed by atoms with Gasteiger partial charge in [0.25, 0.3) is 5.91 Å². The number of ether oxygens (including phenoxy) is 3. The Bertz CT molecular complexity index is 1130. The maximum Gasteiger partial charge on any atom is 0.257 e. The number of carbonyl (C=O) groups excluding carboxylic acids is 3. The summed E-state index contributed by atoms with van der Waals surface area (Å²) in [4.78, 5) is 43.5. The Morgan fingerprint density at radius 2 is 1.73 bits per heavy atom. The number of hydrogen-bond acceptors (Lipinski definition) is 9. The van der Waals surface area contributed by atoms with Gasteiger partial charge in [-0.15, -0.1) is 0 Å². The second kappa shape index (κ2) is 22.8. The zero-order valence-corrected chi connectivity index (χ0v) is 31.0. The van der Waals surface area contributed by atoms with E-state index in [0.29, 0.717) is 70.3 Å². The highest BCUT2D eigenvalue weighted by Gasteiger charge is 2.31. The van der Waals surface area contributed by atoms with Gasteiger partial charge in [0, 0.05) is 70.5 Å². The lowest BCUT2D eigenvalue weighted by molar-refractivity contribution is -0.127. The van der Waals surface area contributed by atoms with Crippen LogP contribution in [-0.2, 0) is 14.3 Å². The van der Waals surface area contributed by atoms with E-state index in [4.69, 9.17) is 25.7 Å². The van der Waals surface area contributed by atoms with E-state index in [-0.39, 0.29) is 47.5 Å². The number of aliphatic hydroxyl groups is 1. The average molecular weight is 692 g/mol. The van der Waals surface area contributed by atoms with Crippen molar-refractivity contribution in [3.63, 3.8) is 0 Å². The summed E-state index contributed by atoms with van der Waals surface area (Å²) in [5.74, 6) is -0.707. The number of methoxy groups -OCH3 is 1. The molecule has 1 heterocycles. The molecule has 0 unspecified atom stereocenters. The molecule has 1 aromatic carbocycles. The Morgan fingerprint density at radius 3 is 2.35 bits per heavy atom. The monoisotopic (exact) mass is 691 g/mol. The van der Waals surface area contributed by atoms with E-state index in [1.165, 1.54) is 0 Å². The SMILES string of the molecule is CCCCNC(=O)[C@@H](C[C@H](O)[C@@H](N)C[C@H](CN(CCN1CCOCC1)C(=O)c1ccc(C(N)=O)cc1OCCCCOC)C(C)C)C(C)C. The maximum absolute atomic E-state index is 14.4. The van der Waals surface area contributed by atoms with Crippen LogP contribution in [0.5, 0.6) is 5.75 Å². The molecule has 1 saturated heterocycles. The highest BCUT2D eigenvalue weighted by Crippen LogP contribution is 2.27. The third-order valence-electron chi connectivity index (χ3n) is 9.51. The summed E-state index contributed by atoms with van der Waals surface area (Å²) in [5.41, 5.74) is 12.9. The predicted octanol–water partition coefficient (Wildman–Crippen LogP) is 3.29. The second-order valence-electron chi connectivity index (χ2n) is 14.0. The van der Waals surface area contributed by atoms with Crippen molar-refractivity contribution < 1.29 is 33.7 Å². The van der Waals surface area contributed by atoms with Crippen molar-refractivity contribution in [2.45, 2.75) is 85.3 Å². The third kappa shape index (κ3) is 14.9. The van der Waals surface area contributed by atoms with E-state index in [9.17, 15) is 19.5 Å². The number of nitrogens with two attached hydrogens (primary N) is 2. The molecular weight excluding hydrogens is 626 g/mol. The number of aliphatic hydroxyl groups excluding tert-OH is 1. The van der Waals surface area contributed by atoms with Crippen LogP contribution in [0.4, 0.5) is 0 Å². The number of amides is 3. The van der Waals surface area contributed by atoms with E-state index in [1.54, 1.807) is 25.3 Å². The topological polar surface area (TPSA) is 170 Å². The Balaban J connectivity index is 2.29. The van der Waals surface area contributed by atoms with Crippen molar-refractivity contribution in [1.82, 2.24) is 15.1 Å². The summed E-state index contributed by atoms with van der Waals surface area (Å²) in [6.07, 6.45) is 3.30. The van der Waals surface area contributed by atoms with E-state index >= 15 is 0 Å². The lowest BCUT2D eigenvalue weighted by Gasteiger charge is -2.35. The number of benzene rings is 1. The molecule has 4 atom stereocenters. The normalized spacial score (nSPS) is 16.3. The molecule has 2 rings (SSSR count). The first kappa shape index (κ1) is 42.4. The lowest BCUT2D eigenvalue weighted by atomic mass is 9.83. The summed E-state index contributed by atoms with van der Waals surface area (Å²) >= 11 is 0. The molecule has 12 nitrogen and oxygen atoms in total. The number of carbonyl (C=O) groups is 3. The van der Waals surface area contributed by atoms with Gasteiger partial charge in [0.1, 0.15) is 5.75 Å². The number of hydrogen-bond donors (Lipinski definition) is 4. The minimum Gasteiger partial charge on any atom is -0.493 e. The molecule has 1 aromatic rings. The molecule has 0 radical (unpaired) electrons. The molecule has 3 amide bonds. The second-order valence-corrected chi connectivity index (χ2v) is 14.0. The van der Waals surface area contributed by atoms with E-state index in [0.717, 1.165) is 38.8 Å². The molecule has 6 N–H and O–H groups in total. The lowest BCUT2D eigenvalue weighted by Crippen LogP contribution is -2.47. The van der Waals surface area contributed by atoms with Crippen LogP contribution < -0.4 is 21.5 Å². The van der Waals surface area contributed by atoms with Crippen LogP contribution >= 0.6 is 0 Å². The van der Waals surface area contributed by atoms with Gasteiger partial charge in [0.15, 0.2) is 0 Å². The number of nitrogens with one attached hydrogen (secondary N) is 1. The predicted molar refractivity (Wildman–Crippen MR) is 193 cm³/mol. The Morgan fingerprint density at radius 1 is 1.04 bits per heavy atom. The summed E-state index contributed by atoms with van der Waals surface area (Å²) in [6.45, 7) is 16.3. The molecule has 0 aliphatic carbocycles. The van der Waals surface area contributed by atoms with Crippen LogP contribution in [0.1, 0.15) is 93.9 Å². The summed E-state index contributed by atoms with van der Waals surface area (Å²) < 4.78 is 16.7. The van der Waals surface area contributed by atoms with Crippen molar-refractivity contribution in [1.29, 1.82) is 0 Å². The third-order valence-corrected chi connectivity index (χ3v) is 9.51. The van der Waals surface area contributed by atoms with Crippen molar-refractivity contribution in [2.24, 2.45) is 35.1 Å². The highest BCUT2D eigenvalue weighted by atomic mass is 16.5. The van der Waals surface area contributed by atoms with Gasteiger partial charge in [-0.25, -0.2) is 0 Å². The van der Waals surface area contributed by atoms with Crippen LogP contribution in [-0.4, -0.2) is 118 Å². The first-order valence-electron chi connectivity index (χ1n) is 18.3. The van der Waals surface area contributed by atoms with E-state index in [2.05, 4.69) is 31.0 Å². The van der Waals surface area contributed by atoms with E-state index < -0.39 is 18.1 Å². The zero-order valence-electron chi connectivity index (χ0n) is 31.0. The van der Waals surface area contributed by atoms with Gasteiger partial charge in [-0.3, -0.25) is 19.3 Å². The Hall–Kier alpha value is -2.77. The van der Waals surface area contributed by atoms with Gasteiger partial charge in [0.05, 0.1) is 31.5 Å². The summed E-state index contributed by atoms with van der Waals surface area (Å²) in [5, 5.41) is 14.3. The molecule has 49 heavy (non-hydrogen) atoms. The van der Waals surface area contributed by atoms with Gasteiger partial charge in [0.2, 0.25) is 11.8 Å². The fraction of sp³-hybridized carbons (Fsp3) is 0.757. The molecule has 1 aliphatic heterocycles. The molecular formula is C37H65N5O7. The van der Waals surface area contributed by atoms with Crippen LogP contribution in [0.3, 0.4) is 0 Å². The Labute approximate surface area is 294 Å². The number of morpholine rings is 1. The van der Waals surface area contributed by atoms with Crippen molar-refractivity contribution in [2.75, 3.05) is 72.8 Å². The number of rotatable bonds is 24. The fourth-order valence-corrected chi connectivity index (χ4v) is 6.02. The van der Waals surface area contributed by atoms with Crippen LogP contribution in [0.2, 0.25) is 0 Å². The highest BCUT2D eigenvalue weighted by molar-refractivity contribution is 6.00. The molecule has 1 fully saturated rings. The van der Waals surface area contributed by atoms with Gasteiger partial charge in [-0.1, -0.05) is 41.0 Å². The maximum atomic E-state index is 14.4. The minimum absolute atomic E-state index is 0.0301. The van der Waals surface area contributed by atoms with Crippen molar-refractivity contribution in [3.8, 4) is 5.75 Å². The molecule has 0 bridgehead atoms. The van der Waals surface area contributed by atoms with Crippen LogP contribution in [0.25, 0.3) is 0 Å². The summed E-state index contributed by atoms with van der Waals surface area (Å²) in [7, 11) is 1.65. The molecule has 0 spiro atoms. The van der Waals surface area contributed by atoms with Gasteiger partial charge in [-0.2, -0.15) is 0 Å². The molecule has 1 aliphatic rings. The largest absolute Gasteiger partial charge is 0.493 e. The minimum atomic E-state index is -0.873. The van der Waals surface area contributed by atoms with Gasteiger partial charge in [-0.05, 0) is 68.1 Å². The number of nitrogens with zero attached hydrogens (tertiary/aromatic N) is 2.